The van der Waals surface area contributed by atoms with Gasteiger partial charge in [-0.15, -0.1) is 11.3 Å². The van der Waals surface area contributed by atoms with Crippen molar-refractivity contribution in [3.63, 3.8) is 0 Å². The highest BCUT2D eigenvalue weighted by Crippen LogP contribution is 2.19. The Morgan fingerprint density at radius 3 is 2.76 bits per heavy atom. The molecule has 0 aliphatic rings. The van der Waals surface area contributed by atoms with E-state index < -0.39 is 0 Å². The summed E-state index contributed by atoms with van der Waals surface area (Å²) in [5, 5.41) is 6.43. The molecule has 90 valence electrons. The maximum Gasteiger partial charge on any atom is 0.127 e. The van der Waals surface area contributed by atoms with Crippen molar-refractivity contribution in [2.24, 2.45) is 0 Å². The molecule has 0 aliphatic carbocycles. The zero-order chi connectivity index (χ0) is 12.1. The van der Waals surface area contributed by atoms with Crippen LogP contribution in [0.25, 0.3) is 0 Å². The number of aryl methyl sites for hydroxylation is 1. The molecule has 0 atom stereocenters. The van der Waals surface area contributed by atoms with Crippen molar-refractivity contribution in [3.05, 3.63) is 40.2 Å². The molecular formula is C13H17N3S. The Bertz CT molecular complexity index is 479. The maximum atomic E-state index is 4.18. The lowest BCUT2D eigenvalue weighted by atomic mass is 10.3. The second-order valence-corrected chi connectivity index (χ2v) is 5.01. The minimum Gasteiger partial charge on any atom is -0.380 e. The first-order chi connectivity index (χ1) is 8.31. The minimum atomic E-state index is 0.873. The van der Waals surface area contributed by atoms with Crippen LogP contribution in [0.1, 0.15) is 16.7 Å². The van der Waals surface area contributed by atoms with Crippen LogP contribution in [0.4, 0.5) is 11.5 Å². The van der Waals surface area contributed by atoms with Crippen LogP contribution in [0.3, 0.4) is 0 Å². The highest BCUT2D eigenvalue weighted by Gasteiger charge is 1.99. The molecule has 0 amide bonds. The van der Waals surface area contributed by atoms with E-state index in [1.807, 2.05) is 30.5 Å². The standard InChI is InChI=1S/C13H17N3S/c1-3-11-4-5-12(17-11)9-16-10-6-7-15-13(8-10)14-2/h4-8H,3,9H2,1-2H3,(H2,14,15,16). The summed E-state index contributed by atoms with van der Waals surface area (Å²) < 4.78 is 0. The van der Waals surface area contributed by atoms with Gasteiger partial charge in [-0.3, -0.25) is 0 Å². The third-order valence-corrected chi connectivity index (χ3v) is 3.78. The largest absolute Gasteiger partial charge is 0.380 e. The van der Waals surface area contributed by atoms with Crippen LogP contribution < -0.4 is 10.6 Å². The molecule has 4 heteroatoms. The van der Waals surface area contributed by atoms with Crippen LogP contribution >= 0.6 is 11.3 Å². The van der Waals surface area contributed by atoms with E-state index in [0.717, 1.165) is 24.5 Å². The highest BCUT2D eigenvalue weighted by molar-refractivity contribution is 7.12. The third kappa shape index (κ3) is 3.20. The fourth-order valence-electron chi connectivity index (χ4n) is 1.57. The average Bonchev–Trinajstić information content (AvgIpc) is 2.84. The molecule has 0 bridgehead atoms. The van der Waals surface area contributed by atoms with Crippen molar-refractivity contribution in [1.82, 2.24) is 4.98 Å². The van der Waals surface area contributed by atoms with Gasteiger partial charge in [0, 0.05) is 41.3 Å². The van der Waals surface area contributed by atoms with E-state index in [2.05, 4.69) is 34.7 Å². The second-order valence-electron chi connectivity index (χ2n) is 3.75. The average molecular weight is 247 g/mol. The first-order valence-electron chi connectivity index (χ1n) is 5.77. The minimum absolute atomic E-state index is 0.873. The Hall–Kier alpha value is -1.55. The number of nitrogens with one attached hydrogen (secondary N) is 2. The monoisotopic (exact) mass is 247 g/mol. The smallest absolute Gasteiger partial charge is 0.127 e. The molecular weight excluding hydrogens is 230 g/mol. The van der Waals surface area contributed by atoms with E-state index in [1.54, 1.807) is 6.20 Å². The molecule has 0 fully saturated rings. The summed E-state index contributed by atoms with van der Waals surface area (Å²) in [7, 11) is 1.87. The Balaban J connectivity index is 1.96. The lowest BCUT2D eigenvalue weighted by molar-refractivity contribution is 1.18. The molecule has 0 aliphatic heterocycles. The van der Waals surface area contributed by atoms with E-state index in [-0.39, 0.29) is 0 Å². The Kier molecular flexibility index (Phi) is 3.98. The molecule has 2 aromatic rings. The molecule has 0 unspecified atom stereocenters. The van der Waals surface area contributed by atoms with Crippen molar-refractivity contribution in [1.29, 1.82) is 0 Å². The fourth-order valence-corrected chi connectivity index (χ4v) is 2.47. The first-order valence-corrected chi connectivity index (χ1v) is 6.58. The number of nitrogens with zero attached hydrogens (tertiary/aromatic N) is 1. The maximum absolute atomic E-state index is 4.18. The van der Waals surface area contributed by atoms with Gasteiger partial charge in [-0.1, -0.05) is 6.92 Å². The normalized spacial score (nSPS) is 10.2. The molecule has 0 radical (unpaired) electrons. The predicted octanol–water partition coefficient (Wildman–Crippen LogP) is 3.36. The predicted molar refractivity (Wildman–Crippen MR) is 74.8 cm³/mol. The lowest BCUT2D eigenvalue weighted by Crippen LogP contribution is -1.99. The molecule has 0 spiro atoms. The summed E-state index contributed by atoms with van der Waals surface area (Å²) >= 11 is 1.87. The summed E-state index contributed by atoms with van der Waals surface area (Å²) in [6, 6.07) is 8.38. The summed E-state index contributed by atoms with van der Waals surface area (Å²) in [6.07, 6.45) is 2.92. The molecule has 2 aromatic heterocycles. The van der Waals surface area contributed by atoms with Crippen molar-refractivity contribution in [3.8, 4) is 0 Å². The Morgan fingerprint density at radius 2 is 2.06 bits per heavy atom. The van der Waals surface area contributed by atoms with Gasteiger partial charge in [-0.05, 0) is 24.6 Å². The van der Waals surface area contributed by atoms with Crippen molar-refractivity contribution in [2.45, 2.75) is 19.9 Å². The Labute approximate surface area is 106 Å². The summed E-state index contributed by atoms with van der Waals surface area (Å²) in [6.45, 7) is 3.06. The van der Waals surface area contributed by atoms with Crippen molar-refractivity contribution < 1.29 is 0 Å². The number of rotatable bonds is 5. The summed E-state index contributed by atoms with van der Waals surface area (Å²) in [5.74, 6) is 0.885. The number of thiophene rings is 1. The van der Waals surface area contributed by atoms with Crippen LogP contribution in [0.15, 0.2) is 30.5 Å². The molecule has 2 heterocycles. The zero-order valence-electron chi connectivity index (χ0n) is 10.2. The first kappa shape index (κ1) is 11.9. The SMILES string of the molecule is CCc1ccc(CNc2ccnc(NC)c2)s1. The van der Waals surface area contributed by atoms with Crippen molar-refractivity contribution in [2.75, 3.05) is 17.7 Å². The van der Waals surface area contributed by atoms with Gasteiger partial charge >= 0.3 is 0 Å². The van der Waals surface area contributed by atoms with Gasteiger partial charge < -0.3 is 10.6 Å². The molecule has 0 aromatic carbocycles. The van der Waals surface area contributed by atoms with E-state index in [9.17, 15) is 0 Å². The number of hydrogen-bond acceptors (Lipinski definition) is 4. The summed E-state index contributed by atoms with van der Waals surface area (Å²) in [5.41, 5.74) is 1.09. The topological polar surface area (TPSA) is 37.0 Å². The van der Waals surface area contributed by atoms with Gasteiger partial charge in [-0.25, -0.2) is 4.98 Å². The number of anilines is 2. The second kappa shape index (κ2) is 5.68. The zero-order valence-corrected chi connectivity index (χ0v) is 11.0. The lowest BCUT2D eigenvalue weighted by Gasteiger charge is -2.06. The van der Waals surface area contributed by atoms with Crippen LogP contribution in [0, 0.1) is 0 Å². The van der Waals surface area contributed by atoms with Gasteiger partial charge in [0.1, 0.15) is 5.82 Å². The number of aromatic nitrogens is 1. The van der Waals surface area contributed by atoms with Crippen LogP contribution in [0.2, 0.25) is 0 Å². The molecule has 2 rings (SSSR count). The highest BCUT2D eigenvalue weighted by atomic mass is 32.1. The van der Waals surface area contributed by atoms with Gasteiger partial charge in [-0.2, -0.15) is 0 Å². The molecule has 3 nitrogen and oxygen atoms in total. The van der Waals surface area contributed by atoms with Crippen LogP contribution in [-0.4, -0.2) is 12.0 Å². The quantitative estimate of drug-likeness (QED) is 0.850. The molecule has 2 N–H and O–H groups in total. The number of hydrogen-bond donors (Lipinski definition) is 2. The van der Waals surface area contributed by atoms with Gasteiger partial charge in [0.2, 0.25) is 0 Å². The van der Waals surface area contributed by atoms with Crippen LogP contribution in [-0.2, 0) is 13.0 Å². The number of pyridine rings is 1. The summed E-state index contributed by atoms with van der Waals surface area (Å²) in [4.78, 5) is 6.98. The third-order valence-electron chi connectivity index (χ3n) is 2.55. The van der Waals surface area contributed by atoms with Crippen molar-refractivity contribution >= 4 is 22.8 Å². The molecule has 0 saturated carbocycles. The van der Waals surface area contributed by atoms with E-state index in [4.69, 9.17) is 0 Å². The van der Waals surface area contributed by atoms with E-state index in [0.29, 0.717) is 0 Å². The van der Waals surface area contributed by atoms with Gasteiger partial charge in [0.25, 0.3) is 0 Å². The van der Waals surface area contributed by atoms with E-state index in [1.165, 1.54) is 9.75 Å². The Morgan fingerprint density at radius 1 is 1.24 bits per heavy atom. The van der Waals surface area contributed by atoms with Gasteiger partial charge in [0.05, 0.1) is 0 Å². The van der Waals surface area contributed by atoms with Crippen LogP contribution in [0.5, 0.6) is 0 Å². The molecule has 17 heavy (non-hydrogen) atoms. The fraction of sp³-hybridized carbons (Fsp3) is 0.308. The molecule has 0 saturated heterocycles. The van der Waals surface area contributed by atoms with E-state index >= 15 is 0 Å². The van der Waals surface area contributed by atoms with Gasteiger partial charge in [0.15, 0.2) is 0 Å².